The second-order valence-electron chi connectivity index (χ2n) is 3.31. The van der Waals surface area contributed by atoms with E-state index in [-0.39, 0.29) is 0 Å². The van der Waals surface area contributed by atoms with Crippen LogP contribution in [0.25, 0.3) is 0 Å². The highest BCUT2D eigenvalue weighted by molar-refractivity contribution is 6.17. The lowest BCUT2D eigenvalue weighted by atomic mass is 10.2. The zero-order valence-corrected chi connectivity index (χ0v) is 7.68. The van der Waals surface area contributed by atoms with Crippen molar-refractivity contribution in [3.63, 3.8) is 0 Å². The van der Waals surface area contributed by atoms with E-state index in [9.17, 15) is 0 Å². The number of aryl methyl sites for hydroxylation is 1. The topological polar surface area (TPSA) is 26.0 Å². The van der Waals surface area contributed by atoms with Crippen LogP contribution in [0.1, 0.15) is 24.5 Å². The summed E-state index contributed by atoms with van der Waals surface area (Å²) in [7, 11) is 0. The van der Waals surface area contributed by atoms with E-state index in [2.05, 4.69) is 4.98 Å². The van der Waals surface area contributed by atoms with Crippen molar-refractivity contribution in [2.24, 2.45) is 5.92 Å². The van der Waals surface area contributed by atoms with Crippen LogP contribution in [0.4, 0.5) is 0 Å². The van der Waals surface area contributed by atoms with Crippen molar-refractivity contribution < 1.29 is 4.42 Å². The van der Waals surface area contributed by atoms with Crippen LogP contribution in [0, 0.1) is 5.92 Å². The molecule has 1 aromatic rings. The Labute approximate surface area is 76.9 Å². The fourth-order valence-electron chi connectivity index (χ4n) is 1.25. The number of hydrogen-bond acceptors (Lipinski definition) is 2. The maximum atomic E-state index is 5.56. The molecule has 0 bridgehead atoms. The largest absolute Gasteiger partial charge is 0.446 e. The zero-order chi connectivity index (χ0) is 8.39. The van der Waals surface area contributed by atoms with Gasteiger partial charge in [-0.15, -0.1) is 11.6 Å². The summed E-state index contributed by atoms with van der Waals surface area (Å²) in [5.41, 5.74) is 0. The van der Waals surface area contributed by atoms with Gasteiger partial charge in [0.25, 0.3) is 0 Å². The Morgan fingerprint density at radius 3 is 3.08 bits per heavy atom. The van der Waals surface area contributed by atoms with Crippen molar-refractivity contribution in [3.05, 3.63) is 17.8 Å². The summed E-state index contributed by atoms with van der Waals surface area (Å²) in [5, 5.41) is 0. The first-order valence-electron chi connectivity index (χ1n) is 4.38. The smallest absolute Gasteiger partial charge is 0.195 e. The van der Waals surface area contributed by atoms with E-state index in [1.54, 1.807) is 0 Å². The molecule has 2 rings (SSSR count). The first-order chi connectivity index (χ1) is 5.88. The van der Waals surface area contributed by atoms with Gasteiger partial charge < -0.3 is 4.42 Å². The van der Waals surface area contributed by atoms with Crippen molar-refractivity contribution in [1.29, 1.82) is 0 Å². The molecule has 3 heteroatoms. The van der Waals surface area contributed by atoms with Gasteiger partial charge in [-0.1, -0.05) is 0 Å². The molecule has 12 heavy (non-hydrogen) atoms. The van der Waals surface area contributed by atoms with Crippen LogP contribution < -0.4 is 0 Å². The van der Waals surface area contributed by atoms with E-state index >= 15 is 0 Å². The summed E-state index contributed by atoms with van der Waals surface area (Å²) in [6, 6.07) is 0. The van der Waals surface area contributed by atoms with Crippen molar-refractivity contribution in [2.75, 3.05) is 5.88 Å². The first-order valence-corrected chi connectivity index (χ1v) is 4.91. The average Bonchev–Trinajstić information content (AvgIpc) is 2.74. The molecule has 1 saturated carbocycles. The molecule has 1 aliphatic rings. The molecule has 0 N–H and O–H groups in total. The molecule has 0 unspecified atom stereocenters. The van der Waals surface area contributed by atoms with Gasteiger partial charge in [-0.3, -0.25) is 0 Å². The van der Waals surface area contributed by atoms with E-state index in [4.69, 9.17) is 16.0 Å². The van der Waals surface area contributed by atoms with Gasteiger partial charge in [0.2, 0.25) is 0 Å². The van der Waals surface area contributed by atoms with Gasteiger partial charge in [0, 0.05) is 18.7 Å². The molecule has 0 atom stereocenters. The second-order valence-corrected chi connectivity index (χ2v) is 3.68. The molecule has 1 fully saturated rings. The van der Waals surface area contributed by atoms with Crippen LogP contribution in [-0.2, 0) is 12.8 Å². The fraction of sp³-hybridized carbons (Fsp3) is 0.667. The van der Waals surface area contributed by atoms with Crippen molar-refractivity contribution in [1.82, 2.24) is 4.98 Å². The minimum Gasteiger partial charge on any atom is -0.446 e. The quantitative estimate of drug-likeness (QED) is 0.674. The Morgan fingerprint density at radius 1 is 1.58 bits per heavy atom. The molecule has 1 heterocycles. The Morgan fingerprint density at radius 2 is 2.42 bits per heavy atom. The molecule has 0 aliphatic heterocycles. The number of aromatic nitrogens is 1. The number of oxazole rings is 1. The molecule has 0 saturated heterocycles. The third-order valence-electron chi connectivity index (χ3n) is 2.10. The van der Waals surface area contributed by atoms with Crippen molar-refractivity contribution >= 4 is 11.6 Å². The van der Waals surface area contributed by atoms with Crippen LogP contribution in [0.5, 0.6) is 0 Å². The molecule has 2 nitrogen and oxygen atoms in total. The standard InChI is InChI=1S/C9H12ClNO/c10-4-3-9-11-6-8(12-9)5-7-1-2-7/h6-7H,1-5H2. The normalized spacial score (nSPS) is 16.8. The van der Waals surface area contributed by atoms with E-state index < -0.39 is 0 Å². The Kier molecular flexibility index (Phi) is 2.35. The zero-order valence-electron chi connectivity index (χ0n) is 6.92. The van der Waals surface area contributed by atoms with Crippen LogP contribution in [0.15, 0.2) is 10.6 Å². The maximum Gasteiger partial charge on any atom is 0.195 e. The summed E-state index contributed by atoms with van der Waals surface area (Å²) in [5.74, 6) is 3.25. The Balaban J connectivity index is 1.92. The Bertz CT molecular complexity index is 255. The second kappa shape index (κ2) is 3.48. The number of halogens is 1. The van der Waals surface area contributed by atoms with Gasteiger partial charge >= 0.3 is 0 Å². The van der Waals surface area contributed by atoms with Gasteiger partial charge in [0.1, 0.15) is 5.76 Å². The van der Waals surface area contributed by atoms with E-state index in [1.807, 2.05) is 6.20 Å². The molecule has 0 spiro atoms. The highest BCUT2D eigenvalue weighted by Crippen LogP contribution is 2.32. The maximum absolute atomic E-state index is 5.56. The van der Waals surface area contributed by atoms with Gasteiger partial charge in [0.05, 0.1) is 6.20 Å². The van der Waals surface area contributed by atoms with Crippen molar-refractivity contribution in [2.45, 2.75) is 25.7 Å². The predicted molar refractivity (Wildman–Crippen MR) is 47.4 cm³/mol. The van der Waals surface area contributed by atoms with Crippen LogP contribution >= 0.6 is 11.6 Å². The van der Waals surface area contributed by atoms with Gasteiger partial charge in [-0.25, -0.2) is 4.98 Å². The van der Waals surface area contributed by atoms with E-state index in [1.165, 1.54) is 12.8 Å². The molecule has 1 aliphatic carbocycles. The van der Waals surface area contributed by atoms with Crippen LogP contribution in [0.2, 0.25) is 0 Å². The molecule has 66 valence electrons. The lowest BCUT2D eigenvalue weighted by Gasteiger charge is -1.90. The lowest BCUT2D eigenvalue weighted by Crippen LogP contribution is -1.84. The van der Waals surface area contributed by atoms with Crippen LogP contribution in [-0.4, -0.2) is 10.9 Å². The number of hydrogen-bond donors (Lipinski definition) is 0. The summed E-state index contributed by atoms with van der Waals surface area (Å²) in [6.45, 7) is 0. The highest BCUT2D eigenvalue weighted by Gasteiger charge is 2.23. The monoisotopic (exact) mass is 185 g/mol. The minimum absolute atomic E-state index is 0.587. The molecule has 0 aromatic carbocycles. The summed E-state index contributed by atoms with van der Waals surface area (Å²) in [4.78, 5) is 4.14. The number of nitrogens with zero attached hydrogens (tertiary/aromatic N) is 1. The minimum atomic E-state index is 0.587. The molecule has 1 aromatic heterocycles. The van der Waals surface area contributed by atoms with Crippen LogP contribution in [0.3, 0.4) is 0 Å². The third kappa shape index (κ3) is 2.01. The average molecular weight is 186 g/mol. The first kappa shape index (κ1) is 8.11. The lowest BCUT2D eigenvalue weighted by molar-refractivity contribution is 0.452. The van der Waals surface area contributed by atoms with Gasteiger partial charge in [-0.2, -0.15) is 0 Å². The molecule has 0 amide bonds. The van der Waals surface area contributed by atoms with E-state index in [0.29, 0.717) is 5.88 Å². The van der Waals surface area contributed by atoms with E-state index in [0.717, 1.165) is 30.4 Å². The Hall–Kier alpha value is -0.500. The number of rotatable bonds is 4. The summed E-state index contributed by atoms with van der Waals surface area (Å²) in [6.07, 6.45) is 6.35. The SMILES string of the molecule is ClCCc1ncc(CC2CC2)o1. The van der Waals surface area contributed by atoms with Gasteiger partial charge in [0.15, 0.2) is 5.89 Å². The molecular weight excluding hydrogens is 174 g/mol. The summed E-state index contributed by atoms with van der Waals surface area (Å²) >= 11 is 5.56. The fourth-order valence-corrected chi connectivity index (χ4v) is 1.41. The summed E-state index contributed by atoms with van der Waals surface area (Å²) < 4.78 is 5.48. The third-order valence-corrected chi connectivity index (χ3v) is 2.29. The predicted octanol–water partition coefficient (Wildman–Crippen LogP) is 2.41. The highest BCUT2D eigenvalue weighted by atomic mass is 35.5. The number of alkyl halides is 1. The van der Waals surface area contributed by atoms with Crippen molar-refractivity contribution in [3.8, 4) is 0 Å². The van der Waals surface area contributed by atoms with Gasteiger partial charge in [-0.05, 0) is 18.8 Å². The molecular formula is C9H12ClNO. The molecule has 0 radical (unpaired) electrons.